The van der Waals surface area contributed by atoms with Gasteiger partial charge in [-0.2, -0.15) is 11.8 Å². The standard InChI is InChI=1S/C22H32O6S/c1-27-14-17-5-2-4-16(12-17)13-18(23)7-8-19-20(24)15-28-21(19)9-11-29-10-3-6-22(25)26/h2,4-5,7-8,12,18-21,23-24H,3,6,9-11,13-15H2,1H3,(H,25,26)/b8-7+/t18-,19-,20+,21-/m1/s1. The van der Waals surface area contributed by atoms with Crippen molar-refractivity contribution in [1.29, 1.82) is 0 Å². The molecule has 0 bridgehead atoms. The monoisotopic (exact) mass is 424 g/mol. The fourth-order valence-electron chi connectivity index (χ4n) is 3.43. The van der Waals surface area contributed by atoms with Crippen molar-refractivity contribution in [3.8, 4) is 0 Å². The lowest BCUT2D eigenvalue weighted by atomic mass is 9.95. The van der Waals surface area contributed by atoms with Crippen LogP contribution in [0.1, 0.15) is 30.4 Å². The SMILES string of the molecule is COCc1cccc(C[C@H](O)/C=C/[C@@H]2[C@@H](O)CO[C@@H]2CCSCCCC(=O)O)c1. The first-order chi connectivity index (χ1) is 14.0. The number of benzene rings is 1. The molecule has 1 aliphatic heterocycles. The Hall–Kier alpha value is -1.38. The van der Waals surface area contributed by atoms with Gasteiger partial charge in [-0.3, -0.25) is 4.79 Å². The quantitative estimate of drug-likeness (QED) is 0.331. The first-order valence-electron chi connectivity index (χ1n) is 10.0. The summed E-state index contributed by atoms with van der Waals surface area (Å²) in [6.45, 7) is 0.847. The number of carboxylic acids is 1. The zero-order valence-corrected chi connectivity index (χ0v) is 17.7. The first-order valence-corrected chi connectivity index (χ1v) is 11.2. The van der Waals surface area contributed by atoms with Gasteiger partial charge in [0.2, 0.25) is 0 Å². The second-order valence-electron chi connectivity index (χ2n) is 7.32. The van der Waals surface area contributed by atoms with Crippen LogP contribution in [0.2, 0.25) is 0 Å². The van der Waals surface area contributed by atoms with Crippen LogP contribution >= 0.6 is 11.8 Å². The van der Waals surface area contributed by atoms with Crippen LogP contribution in [0.25, 0.3) is 0 Å². The molecule has 0 amide bonds. The summed E-state index contributed by atoms with van der Waals surface area (Å²) in [5, 5.41) is 29.2. The number of carboxylic acid groups (broad SMARTS) is 1. The van der Waals surface area contributed by atoms with Gasteiger partial charge in [0.15, 0.2) is 0 Å². The van der Waals surface area contributed by atoms with Crippen LogP contribution in [0.3, 0.4) is 0 Å². The summed E-state index contributed by atoms with van der Waals surface area (Å²) in [7, 11) is 1.66. The number of thioether (sulfide) groups is 1. The number of aliphatic hydroxyl groups is 2. The van der Waals surface area contributed by atoms with E-state index < -0.39 is 18.2 Å². The molecule has 7 heteroatoms. The summed E-state index contributed by atoms with van der Waals surface area (Å²) in [5.74, 6) is 0.769. The molecule has 2 rings (SSSR count). The molecule has 1 saturated heterocycles. The number of carbonyl (C=O) groups is 1. The Kier molecular flexibility index (Phi) is 10.7. The summed E-state index contributed by atoms with van der Waals surface area (Å²) < 4.78 is 10.9. The Morgan fingerprint density at radius 1 is 1.38 bits per heavy atom. The highest BCUT2D eigenvalue weighted by Gasteiger charge is 2.33. The van der Waals surface area contributed by atoms with Crippen LogP contribution in [-0.2, 0) is 27.3 Å². The van der Waals surface area contributed by atoms with E-state index in [2.05, 4.69) is 0 Å². The first kappa shape index (κ1) is 23.9. The Labute approximate surface area is 176 Å². The van der Waals surface area contributed by atoms with Gasteiger partial charge in [0, 0.05) is 25.9 Å². The minimum atomic E-state index is -0.762. The average Bonchev–Trinajstić information content (AvgIpc) is 3.03. The van der Waals surface area contributed by atoms with Gasteiger partial charge in [0.25, 0.3) is 0 Å². The number of ether oxygens (including phenoxy) is 2. The predicted octanol–water partition coefficient (Wildman–Crippen LogP) is 2.66. The number of aliphatic hydroxyl groups excluding tert-OH is 2. The average molecular weight is 425 g/mol. The molecule has 1 fully saturated rings. The van der Waals surface area contributed by atoms with Gasteiger partial charge in [-0.15, -0.1) is 0 Å². The second-order valence-corrected chi connectivity index (χ2v) is 8.55. The molecule has 1 heterocycles. The van der Waals surface area contributed by atoms with Crippen LogP contribution in [0, 0.1) is 5.92 Å². The number of hydrogen-bond acceptors (Lipinski definition) is 6. The van der Waals surface area contributed by atoms with E-state index >= 15 is 0 Å². The maximum absolute atomic E-state index is 10.5. The molecule has 0 radical (unpaired) electrons. The van der Waals surface area contributed by atoms with Gasteiger partial charge in [-0.25, -0.2) is 0 Å². The van der Waals surface area contributed by atoms with Gasteiger partial charge in [-0.1, -0.05) is 36.4 Å². The van der Waals surface area contributed by atoms with E-state index in [-0.39, 0.29) is 18.4 Å². The molecule has 3 N–H and O–H groups in total. The molecule has 0 spiro atoms. The van der Waals surface area contributed by atoms with Crippen molar-refractivity contribution in [3.63, 3.8) is 0 Å². The molecule has 6 nitrogen and oxygen atoms in total. The molecule has 1 aliphatic rings. The molecule has 0 aliphatic carbocycles. The molecule has 0 saturated carbocycles. The lowest BCUT2D eigenvalue weighted by Gasteiger charge is -2.17. The summed E-state index contributed by atoms with van der Waals surface area (Å²) in [6.07, 6.45) is 4.50. The third-order valence-electron chi connectivity index (χ3n) is 4.88. The molecule has 4 atom stereocenters. The fraction of sp³-hybridized carbons (Fsp3) is 0.591. The molecule has 29 heavy (non-hydrogen) atoms. The Morgan fingerprint density at radius 2 is 2.17 bits per heavy atom. The normalized spacial score (nSPS) is 22.9. The Morgan fingerprint density at radius 3 is 2.93 bits per heavy atom. The van der Waals surface area contributed by atoms with E-state index in [1.807, 2.05) is 30.3 Å². The number of rotatable bonds is 13. The third-order valence-corrected chi connectivity index (χ3v) is 5.99. The van der Waals surface area contributed by atoms with E-state index in [4.69, 9.17) is 14.6 Å². The van der Waals surface area contributed by atoms with Crippen LogP contribution in [0.4, 0.5) is 0 Å². The highest BCUT2D eigenvalue weighted by Crippen LogP contribution is 2.27. The summed E-state index contributed by atoms with van der Waals surface area (Å²) in [4.78, 5) is 10.5. The largest absolute Gasteiger partial charge is 0.481 e. The van der Waals surface area contributed by atoms with Crippen LogP contribution < -0.4 is 0 Å². The second kappa shape index (κ2) is 13.0. The van der Waals surface area contributed by atoms with Gasteiger partial charge in [-0.05, 0) is 35.5 Å². The van der Waals surface area contributed by atoms with Gasteiger partial charge >= 0.3 is 5.97 Å². The van der Waals surface area contributed by atoms with Gasteiger partial charge in [0.05, 0.1) is 31.5 Å². The maximum Gasteiger partial charge on any atom is 0.303 e. The highest BCUT2D eigenvalue weighted by atomic mass is 32.2. The third kappa shape index (κ3) is 8.88. The molecule has 0 aromatic heterocycles. The Bertz CT molecular complexity index is 650. The lowest BCUT2D eigenvalue weighted by Crippen LogP contribution is -2.23. The van der Waals surface area contributed by atoms with Crippen LogP contribution in [0.5, 0.6) is 0 Å². The van der Waals surface area contributed by atoms with E-state index in [1.54, 1.807) is 24.9 Å². The maximum atomic E-state index is 10.5. The van der Waals surface area contributed by atoms with Crippen molar-refractivity contribution in [2.45, 2.75) is 50.6 Å². The predicted molar refractivity (Wildman–Crippen MR) is 114 cm³/mol. The number of aliphatic carboxylic acids is 1. The summed E-state index contributed by atoms with van der Waals surface area (Å²) in [5.41, 5.74) is 2.11. The molecule has 1 aromatic rings. The van der Waals surface area contributed by atoms with Gasteiger partial charge < -0.3 is 24.8 Å². The topological polar surface area (TPSA) is 96.2 Å². The number of hydrogen-bond donors (Lipinski definition) is 3. The molecule has 0 unspecified atom stereocenters. The molecule has 1 aromatic carbocycles. The van der Waals surface area contributed by atoms with E-state index in [9.17, 15) is 15.0 Å². The molecular formula is C22H32O6S. The van der Waals surface area contributed by atoms with Crippen LogP contribution in [-0.4, -0.2) is 64.8 Å². The van der Waals surface area contributed by atoms with Crippen molar-refractivity contribution in [2.24, 2.45) is 5.92 Å². The summed E-state index contributed by atoms with van der Waals surface area (Å²) in [6, 6.07) is 7.96. The minimum Gasteiger partial charge on any atom is -0.481 e. The lowest BCUT2D eigenvalue weighted by molar-refractivity contribution is -0.137. The van der Waals surface area contributed by atoms with E-state index in [0.717, 1.165) is 29.1 Å². The number of methoxy groups -OCH3 is 1. The van der Waals surface area contributed by atoms with Crippen molar-refractivity contribution in [3.05, 3.63) is 47.5 Å². The van der Waals surface area contributed by atoms with Crippen LogP contribution in [0.15, 0.2) is 36.4 Å². The summed E-state index contributed by atoms with van der Waals surface area (Å²) >= 11 is 1.71. The van der Waals surface area contributed by atoms with E-state index in [1.165, 1.54) is 0 Å². The molecular weight excluding hydrogens is 392 g/mol. The van der Waals surface area contributed by atoms with Gasteiger partial charge in [0.1, 0.15) is 0 Å². The Balaban J connectivity index is 1.78. The van der Waals surface area contributed by atoms with Crippen molar-refractivity contribution in [1.82, 2.24) is 0 Å². The zero-order valence-electron chi connectivity index (χ0n) is 16.9. The highest BCUT2D eigenvalue weighted by molar-refractivity contribution is 7.99. The fourth-order valence-corrected chi connectivity index (χ4v) is 4.38. The zero-order chi connectivity index (χ0) is 21.1. The minimum absolute atomic E-state index is 0.0783. The van der Waals surface area contributed by atoms with E-state index in [0.29, 0.717) is 26.1 Å². The van der Waals surface area contributed by atoms with Crippen molar-refractivity contribution >= 4 is 17.7 Å². The van der Waals surface area contributed by atoms with Crippen molar-refractivity contribution < 1.29 is 29.6 Å². The van der Waals surface area contributed by atoms with Crippen molar-refractivity contribution in [2.75, 3.05) is 25.2 Å². The molecule has 162 valence electrons. The smallest absolute Gasteiger partial charge is 0.303 e.